The number of alkyl halides is 1. The Morgan fingerprint density at radius 1 is 0.587 bits per heavy atom. The first-order chi connectivity index (χ1) is 49.5. The number of fused-ring (bicyclic) bond motifs is 5. The van der Waals surface area contributed by atoms with E-state index in [0.29, 0.717) is 78.9 Å². The van der Waals surface area contributed by atoms with E-state index in [2.05, 4.69) is 113 Å². The first kappa shape index (κ1) is 101. The summed E-state index contributed by atoms with van der Waals surface area (Å²) < 4.78 is 12.6. The predicted molar refractivity (Wildman–Crippen MR) is 423 cm³/mol. The van der Waals surface area contributed by atoms with Gasteiger partial charge in [-0.15, -0.1) is 0 Å². The molecule has 1 aliphatic heterocycles. The number of H-pyrrole nitrogens is 3. The Bertz CT molecular complexity index is 5690. The van der Waals surface area contributed by atoms with Crippen LogP contribution in [0, 0.1) is 34.0 Å². The van der Waals surface area contributed by atoms with Crippen molar-refractivity contribution in [2.45, 2.75) is 44.7 Å². The predicted octanol–water partition coefficient (Wildman–Crippen LogP) is 5.09. The number of rotatable bonds is 7. The molecule has 0 aliphatic carbocycles. The maximum atomic E-state index is 13.3. The van der Waals surface area contributed by atoms with E-state index >= 15 is 0 Å². The fraction of sp³-hybridized carbons (Fsp3) is 0.127. The first-order valence-corrected chi connectivity index (χ1v) is 37.0. The van der Waals surface area contributed by atoms with Gasteiger partial charge in [-0.2, -0.15) is 15.8 Å². The summed E-state index contributed by atoms with van der Waals surface area (Å²) in [5.41, 5.74) is 12.5. The van der Waals surface area contributed by atoms with Gasteiger partial charge in [-0.3, -0.25) is 47.6 Å². The third-order valence-corrected chi connectivity index (χ3v) is 15.9. The molecular weight excluding hydrogens is 1690 g/mol. The Labute approximate surface area is 777 Å². The average Bonchev–Trinajstić information content (AvgIpc) is 0.775. The number of para-hydroxylation sites is 5. The van der Waals surface area contributed by atoms with Crippen LogP contribution in [-0.2, 0) is 32.7 Å². The molecule has 25 nitrogen and oxygen atoms in total. The van der Waals surface area contributed by atoms with Crippen LogP contribution in [-0.4, -0.2) is 88.5 Å². The molecule has 6 heterocycles. The van der Waals surface area contributed by atoms with E-state index in [1.54, 1.807) is 102 Å². The molecular formula is C71H61BBrCl7K2N15NaO10P. The molecule has 8 aromatic carbocycles. The maximum Gasteiger partial charge on any atom is 1.00 e. The van der Waals surface area contributed by atoms with Crippen LogP contribution in [0.4, 0.5) is 5.95 Å². The van der Waals surface area contributed by atoms with Crippen molar-refractivity contribution >= 4 is 177 Å². The standard InChI is InChI=1S/C21H21N5O.C16H10ClN3O.C8H6BrN.C8H4Cl2N2.C8H5ClN2O.C8H6N2O2.CH2O3.CH4.B.Cl3OP.2K.Na.H2O.H2.H/c22-12-15-6-1-2-7-16(15)13-26-20(27)18-9-3-4-10-19(18)24-21(26)25-11-5-8-17(23)14-25;17-16-19-14-8-4-3-7-13(14)15(21)20(16)10-12-6-2-1-5-11(12)9-18;9-5-7-3-1-2-4-8(7)6-10;9-7-5-3-1-2-4-6(5)11-8(10)12-7;9-8-10-6-4-2-1-3-5(6)7(12)11-8;11-7-5-3-1-2-4-6(5)9-8(12)10-7;2-1-4-3;;;1-5(2,3)4;;;;;;/h1-4,6-7,9-10,17H,5,8,11,13-14,23H2;1-8H,10H2;1-4H,5H2;1-4H;1-4H,(H,10,11,12);1-4H,(H2,9,10,11,12);1,3H;1H4;;;;;;1H2;1H;/q;;;;;;;;;;3*+1;;;-1/p-2/i;;;;;;;;;;;;;;1+1;. The number of nitrogens with zero attached hydrogens (tertiary/aromatic N) is 11. The van der Waals surface area contributed by atoms with Crippen LogP contribution < -0.4 is 176 Å². The molecule has 0 amide bonds. The zero-order valence-electron chi connectivity index (χ0n) is 58.2. The number of aromatic nitrogens is 10. The molecule has 0 bridgehead atoms. The summed E-state index contributed by atoms with van der Waals surface area (Å²) in [6, 6.07) is 64.3. The Balaban J connectivity index is 0. The molecule has 109 heavy (non-hydrogen) atoms. The summed E-state index contributed by atoms with van der Waals surface area (Å²) in [5, 5.41) is 36.8. The van der Waals surface area contributed by atoms with E-state index in [1.807, 2.05) is 97.1 Å². The number of nitriles is 3. The minimum Gasteiger partial charge on any atom is -1.00 e. The number of hydrogen-bond acceptors (Lipinski definition) is 20. The largest absolute Gasteiger partial charge is 1.00 e. The molecule has 1 fully saturated rings. The minimum absolute atomic E-state index is 0. The van der Waals surface area contributed by atoms with Gasteiger partial charge in [0.2, 0.25) is 21.8 Å². The number of carbonyl (C=O) groups is 1. The molecule has 1 atom stereocenters. The summed E-state index contributed by atoms with van der Waals surface area (Å²) in [6.07, 6.45) is 1.95. The molecule has 1 unspecified atom stereocenters. The topological polar surface area (TPSA) is 404 Å². The van der Waals surface area contributed by atoms with Crippen molar-refractivity contribution in [1.82, 2.24) is 49.0 Å². The Morgan fingerprint density at radius 2 is 0.982 bits per heavy atom. The molecule has 5 aromatic heterocycles. The van der Waals surface area contributed by atoms with Gasteiger partial charge in [-0.25, -0.2) is 29.7 Å². The molecule has 0 saturated carbocycles. The summed E-state index contributed by atoms with van der Waals surface area (Å²) in [6.45, 7) is 1.84. The van der Waals surface area contributed by atoms with Gasteiger partial charge in [-0.05, 0) is 177 Å². The second-order valence-electron chi connectivity index (χ2n) is 21.1. The fourth-order valence-electron chi connectivity index (χ4n) is 9.81. The van der Waals surface area contributed by atoms with Crippen LogP contribution in [0.1, 0.15) is 56.5 Å². The van der Waals surface area contributed by atoms with Gasteiger partial charge >= 0.3 is 143 Å². The summed E-state index contributed by atoms with van der Waals surface area (Å²) in [4.78, 5) is 100. The number of hydrogen-bond donors (Lipinski definition) is 4. The van der Waals surface area contributed by atoms with Crippen LogP contribution in [0.15, 0.2) is 218 Å². The summed E-state index contributed by atoms with van der Waals surface area (Å²) in [5.74, 6) is 0.626. The van der Waals surface area contributed by atoms with Crippen LogP contribution in [0.3, 0.4) is 0 Å². The van der Waals surface area contributed by atoms with Gasteiger partial charge in [0.05, 0.1) is 97.1 Å². The Kier molecular flexibility index (Phi) is 48.0. The van der Waals surface area contributed by atoms with Crippen LogP contribution >= 0.6 is 101 Å². The van der Waals surface area contributed by atoms with E-state index in [4.69, 9.17) is 77.7 Å². The molecule has 547 valence electrons. The maximum absolute atomic E-state index is 13.3. The van der Waals surface area contributed by atoms with Gasteiger partial charge in [0.25, 0.3) is 28.7 Å². The smallest absolute Gasteiger partial charge is 1.00 e. The van der Waals surface area contributed by atoms with Crippen LogP contribution in [0.5, 0.6) is 0 Å². The summed E-state index contributed by atoms with van der Waals surface area (Å²) in [7, 11) is 0. The van der Waals surface area contributed by atoms with E-state index in [-0.39, 0.29) is 214 Å². The number of carbonyl (C=O) groups excluding carboxylic acids is 1. The van der Waals surface area contributed by atoms with Crippen molar-refractivity contribution in [2.24, 2.45) is 5.73 Å². The summed E-state index contributed by atoms with van der Waals surface area (Å²) >= 11 is 40.3. The fourth-order valence-corrected chi connectivity index (χ4v) is 11.2. The number of nitrogens with two attached hydrogens (primary N) is 1. The average molecular weight is 1760 g/mol. The monoisotopic (exact) mass is 1750 g/mol. The Morgan fingerprint density at radius 3 is 1.47 bits per heavy atom. The number of aromatic amines is 3. The van der Waals surface area contributed by atoms with Gasteiger partial charge in [-0.1, -0.05) is 150 Å². The Hall–Kier alpha value is -5.84. The van der Waals surface area contributed by atoms with E-state index < -0.39 is 10.9 Å². The van der Waals surface area contributed by atoms with Crippen molar-refractivity contribution in [3.05, 3.63) is 300 Å². The van der Waals surface area contributed by atoms with E-state index in [0.717, 1.165) is 57.9 Å². The normalized spacial score (nSPS) is 11.2. The third-order valence-electron chi connectivity index (χ3n) is 14.4. The van der Waals surface area contributed by atoms with Gasteiger partial charge in [0.1, 0.15) is 5.15 Å². The van der Waals surface area contributed by atoms with Crippen molar-refractivity contribution in [3.8, 4) is 18.2 Å². The number of anilines is 1. The number of halogens is 8. The number of piperidine rings is 1. The quantitative estimate of drug-likeness (QED) is 0.0236. The van der Waals surface area contributed by atoms with Gasteiger partial charge in [0.15, 0.2) is 0 Å². The molecule has 13 aromatic rings. The zero-order chi connectivity index (χ0) is 74.6. The second-order valence-corrected chi connectivity index (χ2v) is 29.7. The zero-order valence-corrected chi connectivity index (χ0v) is 73.3. The minimum atomic E-state index is -3.22. The van der Waals surface area contributed by atoms with E-state index in [1.165, 1.54) is 4.57 Å². The van der Waals surface area contributed by atoms with Gasteiger partial charge in [0, 0.05) is 39.7 Å². The first-order valence-electron chi connectivity index (χ1n) is 30.0. The number of benzene rings is 8. The molecule has 0 spiro atoms. The van der Waals surface area contributed by atoms with E-state index in [9.17, 15) is 33.8 Å². The molecule has 1 aliphatic rings. The molecule has 3 radical (unpaired) electrons. The van der Waals surface area contributed by atoms with Crippen LogP contribution in [0.25, 0.3) is 54.5 Å². The number of nitrogens with one attached hydrogen (secondary N) is 3. The van der Waals surface area contributed by atoms with Gasteiger partial charge < -0.3 is 32.7 Å². The SMILES string of the molecule is C.Clc1nc(Cl)c2ccccc2n1.N#Cc1ccccc1CBr.N#Cc1ccccc1Cn1c(Cl)nc2ccccc2c1=O.N#Cc1ccccc1Cn1c(N2CCCC(N)C2)nc2ccccc2c1=O.O=CO[O-].O=P(Cl)(Cl)Cl.O=c1[nH]c(=O)c2ccccc2[nH]1.O=c1[nH]c(Cl)nc2ccccc12.[2HH].[B].[H-].[K+].[K+].[Na+].[OH-]. The molecule has 1 saturated heterocycles. The van der Waals surface area contributed by atoms with Crippen molar-refractivity contribution in [1.29, 1.82) is 15.8 Å². The molecule has 6 N–H and O–H groups in total. The molecule has 14 rings (SSSR count). The van der Waals surface area contributed by atoms with Crippen molar-refractivity contribution < 1.29 is 160 Å². The van der Waals surface area contributed by atoms with Crippen molar-refractivity contribution in [2.75, 3.05) is 18.0 Å². The second kappa shape index (κ2) is 51.7. The third kappa shape index (κ3) is 31.2. The molecule has 38 heteroatoms. The van der Waals surface area contributed by atoms with Crippen molar-refractivity contribution in [3.63, 3.8) is 0 Å². The van der Waals surface area contributed by atoms with Crippen LogP contribution in [0.2, 0.25) is 21.0 Å².